The van der Waals surface area contributed by atoms with Crippen molar-refractivity contribution in [1.82, 2.24) is 14.5 Å². The maximum absolute atomic E-state index is 5.59. The van der Waals surface area contributed by atoms with Crippen molar-refractivity contribution in [3.63, 3.8) is 0 Å². The summed E-state index contributed by atoms with van der Waals surface area (Å²) in [6.45, 7) is 0. The van der Waals surface area contributed by atoms with Crippen LogP contribution in [-0.4, -0.2) is 14.5 Å². The molecular formula is C51H33N3. The second-order valence-corrected chi connectivity index (χ2v) is 14.2. The Morgan fingerprint density at radius 3 is 1.78 bits per heavy atom. The van der Waals surface area contributed by atoms with Gasteiger partial charge in [0.1, 0.15) is 0 Å². The van der Waals surface area contributed by atoms with Crippen LogP contribution in [0.5, 0.6) is 0 Å². The van der Waals surface area contributed by atoms with E-state index in [9.17, 15) is 0 Å². The first kappa shape index (κ1) is 30.5. The summed E-state index contributed by atoms with van der Waals surface area (Å²) in [6, 6.07) is 67.7. The Morgan fingerprint density at radius 1 is 0.389 bits per heavy atom. The van der Waals surface area contributed by atoms with Gasteiger partial charge in [0.25, 0.3) is 0 Å². The van der Waals surface area contributed by atoms with Crippen LogP contribution in [-0.2, 0) is 6.42 Å². The van der Waals surface area contributed by atoms with E-state index in [-0.39, 0.29) is 0 Å². The molecule has 10 aromatic rings. The van der Waals surface area contributed by atoms with E-state index in [1.165, 1.54) is 49.3 Å². The molecule has 0 saturated carbocycles. The largest absolute Gasteiger partial charge is 0.309 e. The number of hydrogen-bond donors (Lipinski definition) is 0. The third-order valence-electron chi connectivity index (χ3n) is 11.0. The molecule has 0 amide bonds. The second-order valence-electron chi connectivity index (χ2n) is 14.2. The van der Waals surface area contributed by atoms with E-state index in [0.29, 0.717) is 12.2 Å². The molecule has 2 aromatic heterocycles. The molecule has 8 aromatic carbocycles. The van der Waals surface area contributed by atoms with Gasteiger partial charge in [0.2, 0.25) is 0 Å². The molecule has 2 bridgehead atoms. The summed E-state index contributed by atoms with van der Waals surface area (Å²) in [7, 11) is 0. The van der Waals surface area contributed by atoms with Gasteiger partial charge in [-0.1, -0.05) is 158 Å². The molecule has 0 radical (unpaired) electrons. The Labute approximate surface area is 313 Å². The van der Waals surface area contributed by atoms with E-state index >= 15 is 0 Å². The minimum absolute atomic E-state index is 0.692. The van der Waals surface area contributed by atoms with Crippen LogP contribution in [0, 0.1) is 0 Å². The summed E-state index contributed by atoms with van der Waals surface area (Å²) in [5.74, 6) is 0.709. The summed E-state index contributed by atoms with van der Waals surface area (Å²) in [6.07, 6.45) is 0.692. The SMILES string of the molecule is c1ccc(-c2ccc(-c3nc(-c4cccc(-c5ccccc5)c4)c4c(n3)-c3cc5ccccc5cc3-n3c5ccccc5c5ccc(cc53)C4)cc2)cc1. The molecule has 3 nitrogen and oxygen atoms in total. The number of fused-ring (bicyclic) bond motifs is 9. The highest BCUT2D eigenvalue weighted by atomic mass is 15.0. The molecule has 0 aliphatic carbocycles. The van der Waals surface area contributed by atoms with Crippen LogP contribution < -0.4 is 0 Å². The molecule has 0 spiro atoms. The van der Waals surface area contributed by atoms with E-state index in [0.717, 1.165) is 50.5 Å². The molecule has 3 heteroatoms. The summed E-state index contributed by atoms with van der Waals surface area (Å²) < 4.78 is 2.46. The van der Waals surface area contributed by atoms with Crippen molar-refractivity contribution in [3.05, 3.63) is 199 Å². The van der Waals surface area contributed by atoms with Crippen molar-refractivity contribution in [2.75, 3.05) is 0 Å². The standard InChI is InChI=1S/C51H33N3/c1-3-12-34(13-4-1)36-23-25-37(26-24-36)51-52-49(41-19-11-18-38(30-41)35-14-5-2-6-15-35)45-28-33-22-27-43-42-20-9-10-21-46(42)54(47(43)29-33)48-32-40-17-8-7-16-39(40)31-44(48)50(45)53-51/h1-27,29-32H,28H2. The molecular weight excluding hydrogens is 655 g/mol. The second kappa shape index (κ2) is 12.3. The summed E-state index contributed by atoms with van der Waals surface area (Å²) in [4.78, 5) is 11.1. The summed E-state index contributed by atoms with van der Waals surface area (Å²) >= 11 is 0. The van der Waals surface area contributed by atoms with Crippen LogP contribution in [0.3, 0.4) is 0 Å². The van der Waals surface area contributed by atoms with Crippen molar-refractivity contribution in [3.8, 4) is 61.8 Å². The minimum atomic E-state index is 0.692. The number of aromatic nitrogens is 3. The smallest absolute Gasteiger partial charge is 0.160 e. The predicted octanol–water partition coefficient (Wildman–Crippen LogP) is 13.0. The molecule has 0 N–H and O–H groups in total. The summed E-state index contributed by atoms with van der Waals surface area (Å²) in [5, 5.41) is 4.88. The number of benzene rings is 8. The van der Waals surface area contributed by atoms with Crippen molar-refractivity contribution in [2.24, 2.45) is 0 Å². The Kier molecular flexibility index (Phi) is 6.93. The Hall–Kier alpha value is -7.10. The molecule has 252 valence electrons. The Bertz CT molecular complexity index is 3050. The van der Waals surface area contributed by atoms with Crippen LogP contribution in [0.2, 0.25) is 0 Å². The van der Waals surface area contributed by atoms with E-state index in [1.807, 2.05) is 0 Å². The molecule has 0 unspecified atom stereocenters. The van der Waals surface area contributed by atoms with Gasteiger partial charge in [-0.05, 0) is 68.9 Å². The highest BCUT2D eigenvalue weighted by Crippen LogP contribution is 2.43. The van der Waals surface area contributed by atoms with Crippen molar-refractivity contribution >= 4 is 32.6 Å². The van der Waals surface area contributed by atoms with E-state index in [4.69, 9.17) is 9.97 Å². The normalized spacial score (nSPS) is 12.0. The fourth-order valence-corrected chi connectivity index (χ4v) is 8.35. The topological polar surface area (TPSA) is 30.7 Å². The molecule has 0 saturated heterocycles. The molecule has 3 heterocycles. The van der Waals surface area contributed by atoms with Crippen molar-refractivity contribution in [2.45, 2.75) is 6.42 Å². The van der Waals surface area contributed by atoms with Crippen molar-refractivity contribution in [1.29, 1.82) is 0 Å². The molecule has 1 aliphatic heterocycles. The van der Waals surface area contributed by atoms with Gasteiger partial charge in [0.05, 0.1) is 28.1 Å². The van der Waals surface area contributed by atoms with Gasteiger partial charge in [0.15, 0.2) is 5.82 Å². The van der Waals surface area contributed by atoms with E-state index in [2.05, 4.69) is 193 Å². The number of nitrogens with zero attached hydrogens (tertiary/aromatic N) is 3. The first-order valence-corrected chi connectivity index (χ1v) is 18.5. The van der Waals surface area contributed by atoms with Crippen LogP contribution in [0.4, 0.5) is 0 Å². The van der Waals surface area contributed by atoms with Gasteiger partial charge >= 0.3 is 0 Å². The van der Waals surface area contributed by atoms with E-state index in [1.54, 1.807) is 0 Å². The minimum Gasteiger partial charge on any atom is -0.309 e. The highest BCUT2D eigenvalue weighted by Gasteiger charge is 2.25. The van der Waals surface area contributed by atoms with Gasteiger partial charge in [-0.3, -0.25) is 0 Å². The zero-order valence-electron chi connectivity index (χ0n) is 29.4. The van der Waals surface area contributed by atoms with Crippen LogP contribution in [0.1, 0.15) is 11.1 Å². The van der Waals surface area contributed by atoms with Gasteiger partial charge < -0.3 is 4.57 Å². The van der Waals surface area contributed by atoms with Gasteiger partial charge in [-0.25, -0.2) is 9.97 Å². The Morgan fingerprint density at radius 2 is 0.981 bits per heavy atom. The van der Waals surface area contributed by atoms with Gasteiger partial charge in [0, 0.05) is 39.4 Å². The maximum atomic E-state index is 5.59. The monoisotopic (exact) mass is 687 g/mol. The third kappa shape index (κ3) is 4.97. The van der Waals surface area contributed by atoms with Crippen molar-refractivity contribution < 1.29 is 0 Å². The van der Waals surface area contributed by atoms with Crippen LogP contribution in [0.15, 0.2) is 188 Å². The quantitative estimate of drug-likeness (QED) is 0.184. The van der Waals surface area contributed by atoms with Crippen LogP contribution in [0.25, 0.3) is 94.4 Å². The zero-order valence-corrected chi connectivity index (χ0v) is 29.4. The number of hydrogen-bond acceptors (Lipinski definition) is 2. The highest BCUT2D eigenvalue weighted by molar-refractivity contribution is 6.10. The average Bonchev–Trinajstić information content (AvgIpc) is 3.58. The number of para-hydroxylation sites is 1. The van der Waals surface area contributed by atoms with Gasteiger partial charge in [-0.15, -0.1) is 0 Å². The Balaban J connectivity index is 1.23. The third-order valence-corrected chi connectivity index (χ3v) is 11.0. The lowest BCUT2D eigenvalue weighted by atomic mass is 9.91. The predicted molar refractivity (Wildman–Crippen MR) is 224 cm³/mol. The zero-order chi connectivity index (χ0) is 35.6. The average molecular weight is 688 g/mol. The first-order chi connectivity index (χ1) is 26.7. The molecule has 0 fully saturated rings. The maximum Gasteiger partial charge on any atom is 0.160 e. The fraction of sp³-hybridized carbons (Fsp3) is 0.0196. The van der Waals surface area contributed by atoms with Crippen LogP contribution >= 0.6 is 0 Å². The lowest BCUT2D eigenvalue weighted by molar-refractivity contribution is 1.09. The van der Waals surface area contributed by atoms with Gasteiger partial charge in [-0.2, -0.15) is 0 Å². The number of rotatable bonds is 4. The lowest BCUT2D eigenvalue weighted by Gasteiger charge is -2.20. The molecule has 1 aliphatic rings. The first-order valence-electron chi connectivity index (χ1n) is 18.5. The molecule has 0 atom stereocenters. The fourth-order valence-electron chi connectivity index (χ4n) is 8.35. The molecule has 11 rings (SSSR count). The molecule has 54 heavy (non-hydrogen) atoms. The lowest BCUT2D eigenvalue weighted by Crippen LogP contribution is -2.06. The summed E-state index contributed by atoms with van der Waals surface area (Å²) in [5.41, 5.74) is 15.6. The van der Waals surface area contributed by atoms with E-state index < -0.39 is 0 Å².